The zero-order valence-corrected chi connectivity index (χ0v) is 12.9. The van der Waals surface area contributed by atoms with Crippen LogP contribution in [0.15, 0.2) is 18.2 Å². The summed E-state index contributed by atoms with van der Waals surface area (Å²) in [5.41, 5.74) is 2.98. The van der Waals surface area contributed by atoms with E-state index < -0.39 is 0 Å². The molecule has 116 valence electrons. The van der Waals surface area contributed by atoms with Crippen LogP contribution >= 0.6 is 0 Å². The average Bonchev–Trinajstić information content (AvgIpc) is 3.03. The lowest BCUT2D eigenvalue weighted by Gasteiger charge is -2.08. The molecule has 0 unspecified atom stereocenters. The summed E-state index contributed by atoms with van der Waals surface area (Å²) in [7, 11) is 1.86. The van der Waals surface area contributed by atoms with Gasteiger partial charge in [0.15, 0.2) is 0 Å². The van der Waals surface area contributed by atoms with Crippen LogP contribution in [0.1, 0.15) is 30.3 Å². The molecule has 0 radical (unpaired) electrons. The number of nitrogens with one attached hydrogen (secondary N) is 1. The number of carbonyl (C=O) groups excluding carboxylic acids is 1. The van der Waals surface area contributed by atoms with Crippen molar-refractivity contribution >= 4 is 11.7 Å². The van der Waals surface area contributed by atoms with E-state index in [9.17, 15) is 4.79 Å². The highest BCUT2D eigenvalue weighted by atomic mass is 16.5. The van der Waals surface area contributed by atoms with Gasteiger partial charge in [0.05, 0.1) is 24.4 Å². The minimum atomic E-state index is -0.0844. The van der Waals surface area contributed by atoms with Crippen LogP contribution in [0.4, 0.5) is 5.82 Å². The molecule has 2 heterocycles. The van der Waals surface area contributed by atoms with Gasteiger partial charge in [0.1, 0.15) is 5.82 Å². The minimum Gasteiger partial charge on any atom is -0.478 e. The molecule has 0 bridgehead atoms. The number of anilines is 1. The molecule has 1 aliphatic rings. The van der Waals surface area contributed by atoms with Crippen molar-refractivity contribution in [3.05, 3.63) is 35.2 Å². The molecular formula is C16H20N4O2. The first-order valence-corrected chi connectivity index (χ1v) is 7.60. The number of ether oxygens (including phenoxy) is 1. The normalized spacial score (nSPS) is 13.0. The summed E-state index contributed by atoms with van der Waals surface area (Å²) in [4.78, 5) is 16.6. The van der Waals surface area contributed by atoms with Gasteiger partial charge in [-0.1, -0.05) is 6.07 Å². The first-order chi connectivity index (χ1) is 10.7. The van der Waals surface area contributed by atoms with Crippen LogP contribution < -0.4 is 10.1 Å². The monoisotopic (exact) mass is 300 g/mol. The van der Waals surface area contributed by atoms with Crippen molar-refractivity contribution in [1.82, 2.24) is 14.8 Å². The van der Waals surface area contributed by atoms with Gasteiger partial charge in [-0.05, 0) is 32.3 Å². The van der Waals surface area contributed by atoms with Crippen LogP contribution in [0.3, 0.4) is 0 Å². The lowest BCUT2D eigenvalue weighted by atomic mass is 10.2. The zero-order chi connectivity index (χ0) is 15.5. The molecule has 0 saturated carbocycles. The van der Waals surface area contributed by atoms with Gasteiger partial charge >= 0.3 is 0 Å². The Hall–Kier alpha value is -2.37. The fraction of sp³-hybridized carbons (Fsp3) is 0.438. The maximum atomic E-state index is 12.3. The zero-order valence-electron chi connectivity index (χ0n) is 12.9. The van der Waals surface area contributed by atoms with E-state index in [0.29, 0.717) is 18.2 Å². The van der Waals surface area contributed by atoms with Crippen molar-refractivity contribution in [1.29, 1.82) is 0 Å². The number of fused-ring (bicyclic) bond motifs is 1. The number of hydrogen-bond donors (Lipinski definition) is 1. The maximum Gasteiger partial charge on any atom is 0.231 e. The lowest BCUT2D eigenvalue weighted by molar-refractivity contribution is -0.115. The van der Waals surface area contributed by atoms with Crippen molar-refractivity contribution in [2.45, 2.75) is 32.6 Å². The lowest BCUT2D eigenvalue weighted by Crippen LogP contribution is -2.18. The van der Waals surface area contributed by atoms with Crippen molar-refractivity contribution in [3.8, 4) is 5.88 Å². The minimum absolute atomic E-state index is 0.0844. The predicted molar refractivity (Wildman–Crippen MR) is 83.0 cm³/mol. The number of amides is 1. The van der Waals surface area contributed by atoms with Crippen molar-refractivity contribution in [2.24, 2.45) is 7.05 Å². The van der Waals surface area contributed by atoms with Crippen molar-refractivity contribution in [2.75, 3.05) is 11.9 Å². The number of aryl methyl sites for hydroxylation is 2. The van der Waals surface area contributed by atoms with E-state index in [0.717, 1.165) is 30.8 Å². The molecule has 0 aliphatic heterocycles. The number of hydrogen-bond acceptors (Lipinski definition) is 4. The standard InChI is InChI=1S/C16H20N4O2/c1-3-22-15-9-4-6-11(17-15)10-14(21)18-16-12-7-5-8-13(12)19-20(16)2/h4,6,9H,3,5,7-8,10H2,1-2H3,(H,18,21). The van der Waals surface area contributed by atoms with Crippen LogP contribution in [-0.2, 0) is 31.1 Å². The molecule has 0 fully saturated rings. The number of nitrogens with zero attached hydrogens (tertiary/aromatic N) is 3. The van der Waals surface area contributed by atoms with Gasteiger partial charge in [-0.25, -0.2) is 4.98 Å². The molecule has 1 amide bonds. The smallest absolute Gasteiger partial charge is 0.231 e. The third kappa shape index (κ3) is 2.95. The van der Waals surface area contributed by atoms with Gasteiger partial charge in [0.2, 0.25) is 11.8 Å². The summed E-state index contributed by atoms with van der Waals surface area (Å²) in [5.74, 6) is 1.28. The Labute approximate surface area is 129 Å². The largest absolute Gasteiger partial charge is 0.478 e. The third-order valence-electron chi connectivity index (χ3n) is 3.74. The van der Waals surface area contributed by atoms with Gasteiger partial charge in [0, 0.05) is 18.7 Å². The average molecular weight is 300 g/mol. The molecule has 2 aromatic heterocycles. The summed E-state index contributed by atoms with van der Waals surface area (Å²) in [5, 5.41) is 7.43. The van der Waals surface area contributed by atoms with E-state index in [1.54, 1.807) is 10.7 Å². The van der Waals surface area contributed by atoms with Gasteiger partial charge in [-0.2, -0.15) is 5.10 Å². The first-order valence-electron chi connectivity index (χ1n) is 7.60. The Bertz CT molecular complexity index is 693. The van der Waals surface area contributed by atoms with Gasteiger partial charge in [0.25, 0.3) is 0 Å². The second-order valence-corrected chi connectivity index (χ2v) is 5.38. The predicted octanol–water partition coefficient (Wildman–Crippen LogP) is 1.88. The molecule has 6 nitrogen and oxygen atoms in total. The van der Waals surface area contributed by atoms with Crippen LogP contribution in [0.25, 0.3) is 0 Å². The van der Waals surface area contributed by atoms with E-state index in [2.05, 4.69) is 15.4 Å². The second-order valence-electron chi connectivity index (χ2n) is 5.38. The molecule has 1 N–H and O–H groups in total. The Balaban J connectivity index is 1.69. The summed E-state index contributed by atoms with van der Waals surface area (Å²) in [6, 6.07) is 5.47. The number of carbonyl (C=O) groups is 1. The summed E-state index contributed by atoms with van der Waals surface area (Å²) >= 11 is 0. The Morgan fingerprint density at radius 1 is 1.41 bits per heavy atom. The highest BCUT2D eigenvalue weighted by Crippen LogP contribution is 2.28. The summed E-state index contributed by atoms with van der Waals surface area (Å²) in [6.45, 7) is 2.47. The topological polar surface area (TPSA) is 69.0 Å². The van der Waals surface area contributed by atoms with Gasteiger partial charge in [-0.3, -0.25) is 9.48 Å². The SMILES string of the molecule is CCOc1cccc(CC(=O)Nc2c3c(nn2C)CCC3)n1. The molecule has 0 aromatic carbocycles. The Morgan fingerprint density at radius 2 is 2.27 bits per heavy atom. The van der Waals surface area contributed by atoms with Crippen LogP contribution in [0.2, 0.25) is 0 Å². The van der Waals surface area contributed by atoms with E-state index in [1.165, 1.54) is 5.56 Å². The molecule has 3 rings (SSSR count). The molecule has 0 atom stereocenters. The fourth-order valence-electron chi connectivity index (χ4n) is 2.80. The Kier molecular flexibility index (Phi) is 4.09. The van der Waals surface area contributed by atoms with Crippen LogP contribution in [0.5, 0.6) is 5.88 Å². The van der Waals surface area contributed by atoms with E-state index in [1.807, 2.05) is 26.1 Å². The second kappa shape index (κ2) is 6.17. The molecule has 2 aromatic rings. The van der Waals surface area contributed by atoms with Crippen molar-refractivity contribution < 1.29 is 9.53 Å². The molecule has 6 heteroatoms. The molecule has 0 saturated heterocycles. The summed E-state index contributed by atoms with van der Waals surface area (Å²) < 4.78 is 7.11. The molecular weight excluding hydrogens is 280 g/mol. The van der Waals surface area contributed by atoms with Gasteiger partial charge in [-0.15, -0.1) is 0 Å². The van der Waals surface area contributed by atoms with Crippen LogP contribution in [0, 0.1) is 0 Å². The molecule has 22 heavy (non-hydrogen) atoms. The van der Waals surface area contributed by atoms with Crippen molar-refractivity contribution in [3.63, 3.8) is 0 Å². The number of pyridine rings is 1. The van der Waals surface area contributed by atoms with Gasteiger partial charge < -0.3 is 10.1 Å². The fourth-order valence-corrected chi connectivity index (χ4v) is 2.80. The summed E-state index contributed by atoms with van der Waals surface area (Å²) in [6.07, 6.45) is 3.31. The first kappa shape index (κ1) is 14.6. The quantitative estimate of drug-likeness (QED) is 0.915. The third-order valence-corrected chi connectivity index (χ3v) is 3.74. The molecule has 1 aliphatic carbocycles. The van der Waals surface area contributed by atoms with E-state index >= 15 is 0 Å². The highest BCUT2D eigenvalue weighted by molar-refractivity contribution is 5.92. The maximum absolute atomic E-state index is 12.3. The highest BCUT2D eigenvalue weighted by Gasteiger charge is 2.22. The number of rotatable bonds is 5. The van der Waals surface area contributed by atoms with E-state index in [-0.39, 0.29) is 12.3 Å². The molecule has 0 spiro atoms. The van der Waals surface area contributed by atoms with Crippen LogP contribution in [-0.4, -0.2) is 27.3 Å². The van der Waals surface area contributed by atoms with E-state index in [4.69, 9.17) is 4.74 Å². The number of aromatic nitrogens is 3. The Morgan fingerprint density at radius 3 is 3.09 bits per heavy atom.